The Labute approximate surface area is 113 Å². The average Bonchev–Trinajstić information content (AvgIpc) is 2.37. The molecule has 0 heterocycles. The van der Waals surface area contributed by atoms with Gasteiger partial charge in [0.2, 0.25) is 0 Å². The van der Waals surface area contributed by atoms with E-state index < -0.39 is 6.10 Å². The zero-order chi connectivity index (χ0) is 13.8. The summed E-state index contributed by atoms with van der Waals surface area (Å²) in [5.74, 6) is 0.406. The summed E-state index contributed by atoms with van der Waals surface area (Å²) >= 11 is 0. The van der Waals surface area contributed by atoms with Crippen LogP contribution in [0.25, 0.3) is 0 Å². The van der Waals surface area contributed by atoms with E-state index in [4.69, 9.17) is 10.5 Å². The van der Waals surface area contributed by atoms with Crippen LogP contribution in [-0.4, -0.2) is 6.04 Å². The third kappa shape index (κ3) is 3.32. The molecular weight excluding hydrogens is 241 g/mol. The predicted molar refractivity (Wildman–Crippen MR) is 74.6 cm³/mol. The Balaban J connectivity index is 2.29. The van der Waals surface area contributed by atoms with E-state index in [-0.39, 0.29) is 11.9 Å². The van der Waals surface area contributed by atoms with Crippen molar-refractivity contribution >= 4 is 0 Å². The Bertz CT molecular complexity index is 554. The molecule has 0 aliphatic carbocycles. The third-order valence-electron chi connectivity index (χ3n) is 2.94. The van der Waals surface area contributed by atoms with E-state index in [1.807, 2.05) is 38.1 Å². The molecular formula is C16H18FNO. The van der Waals surface area contributed by atoms with E-state index in [1.165, 1.54) is 6.07 Å². The van der Waals surface area contributed by atoms with Gasteiger partial charge in [-0.3, -0.25) is 0 Å². The van der Waals surface area contributed by atoms with Gasteiger partial charge >= 0.3 is 0 Å². The zero-order valence-corrected chi connectivity index (χ0v) is 11.1. The van der Waals surface area contributed by atoms with E-state index in [0.717, 1.165) is 5.56 Å². The topological polar surface area (TPSA) is 35.2 Å². The highest BCUT2D eigenvalue weighted by Crippen LogP contribution is 2.26. The first-order chi connectivity index (χ1) is 9.08. The van der Waals surface area contributed by atoms with Crippen molar-refractivity contribution in [3.05, 3.63) is 65.5 Å². The van der Waals surface area contributed by atoms with Crippen LogP contribution in [0.5, 0.6) is 5.75 Å². The van der Waals surface area contributed by atoms with Crippen molar-refractivity contribution in [1.82, 2.24) is 0 Å². The van der Waals surface area contributed by atoms with E-state index in [2.05, 4.69) is 0 Å². The highest BCUT2D eigenvalue weighted by molar-refractivity contribution is 5.29. The summed E-state index contributed by atoms with van der Waals surface area (Å²) in [6.45, 7) is 3.80. The Morgan fingerprint density at radius 2 is 1.84 bits per heavy atom. The minimum Gasteiger partial charge on any atom is -0.484 e. The molecule has 2 aromatic carbocycles. The lowest BCUT2D eigenvalue weighted by Gasteiger charge is -2.23. The standard InChI is InChI=1S/C16H18FNO/c1-11-6-5-7-13(10-11)19-16(12(2)18)14-8-3-4-9-15(14)17/h3-10,12,16H,18H2,1-2H3. The maximum atomic E-state index is 13.8. The highest BCUT2D eigenvalue weighted by atomic mass is 19.1. The molecule has 2 rings (SSSR count). The molecule has 3 heteroatoms. The molecule has 0 spiro atoms. The van der Waals surface area contributed by atoms with Crippen molar-refractivity contribution in [3.8, 4) is 5.75 Å². The molecule has 0 amide bonds. The number of hydrogen-bond donors (Lipinski definition) is 1. The van der Waals surface area contributed by atoms with Crippen LogP contribution >= 0.6 is 0 Å². The third-order valence-corrected chi connectivity index (χ3v) is 2.94. The van der Waals surface area contributed by atoms with Gasteiger partial charge in [0.25, 0.3) is 0 Å². The minimum atomic E-state index is -0.497. The molecule has 2 aromatic rings. The normalized spacial score (nSPS) is 13.9. The lowest BCUT2D eigenvalue weighted by molar-refractivity contribution is 0.175. The van der Waals surface area contributed by atoms with Crippen LogP contribution in [-0.2, 0) is 0 Å². The fraction of sp³-hybridized carbons (Fsp3) is 0.250. The molecule has 0 aromatic heterocycles. The van der Waals surface area contributed by atoms with Crippen LogP contribution in [0.3, 0.4) is 0 Å². The summed E-state index contributed by atoms with van der Waals surface area (Å²) in [5.41, 5.74) is 7.51. The first-order valence-electron chi connectivity index (χ1n) is 6.31. The average molecular weight is 259 g/mol. The Morgan fingerprint density at radius 3 is 2.47 bits per heavy atom. The van der Waals surface area contributed by atoms with Gasteiger partial charge in [0, 0.05) is 11.6 Å². The summed E-state index contributed by atoms with van der Waals surface area (Å²) in [5, 5.41) is 0. The van der Waals surface area contributed by atoms with Gasteiger partial charge in [-0.15, -0.1) is 0 Å². The molecule has 0 bridgehead atoms. The highest BCUT2D eigenvalue weighted by Gasteiger charge is 2.21. The van der Waals surface area contributed by atoms with Crippen molar-refractivity contribution in [1.29, 1.82) is 0 Å². The molecule has 100 valence electrons. The second-order valence-corrected chi connectivity index (χ2v) is 4.74. The molecule has 0 radical (unpaired) electrons. The van der Waals surface area contributed by atoms with Crippen molar-refractivity contribution in [2.45, 2.75) is 26.0 Å². The lowest BCUT2D eigenvalue weighted by Crippen LogP contribution is -2.29. The number of benzene rings is 2. The number of rotatable bonds is 4. The van der Waals surface area contributed by atoms with Gasteiger partial charge in [0.1, 0.15) is 17.7 Å². The number of ether oxygens (including phenoxy) is 1. The van der Waals surface area contributed by atoms with Gasteiger partial charge in [-0.2, -0.15) is 0 Å². The lowest BCUT2D eigenvalue weighted by atomic mass is 10.0. The molecule has 0 aliphatic rings. The van der Waals surface area contributed by atoms with Crippen LogP contribution in [0.15, 0.2) is 48.5 Å². The summed E-state index contributed by atoms with van der Waals surface area (Å²) in [6.07, 6.45) is -0.497. The summed E-state index contributed by atoms with van der Waals surface area (Å²) in [7, 11) is 0. The van der Waals surface area contributed by atoms with Gasteiger partial charge in [-0.1, -0.05) is 30.3 Å². The van der Waals surface area contributed by atoms with E-state index in [0.29, 0.717) is 11.3 Å². The van der Waals surface area contributed by atoms with Crippen molar-refractivity contribution in [2.75, 3.05) is 0 Å². The molecule has 2 N–H and O–H groups in total. The molecule has 0 saturated heterocycles. The Kier molecular flexibility index (Phi) is 4.17. The minimum absolute atomic E-state index is 0.294. The van der Waals surface area contributed by atoms with E-state index >= 15 is 0 Å². The van der Waals surface area contributed by atoms with Gasteiger partial charge in [0.15, 0.2) is 0 Å². The van der Waals surface area contributed by atoms with Gasteiger partial charge in [-0.05, 0) is 37.6 Å². The molecule has 0 aliphatic heterocycles. The number of hydrogen-bond acceptors (Lipinski definition) is 2. The van der Waals surface area contributed by atoms with Crippen LogP contribution in [0.1, 0.15) is 24.2 Å². The van der Waals surface area contributed by atoms with Crippen molar-refractivity contribution in [3.63, 3.8) is 0 Å². The van der Waals surface area contributed by atoms with Crippen molar-refractivity contribution in [2.24, 2.45) is 5.73 Å². The predicted octanol–water partition coefficient (Wildman–Crippen LogP) is 3.60. The van der Waals surface area contributed by atoms with Crippen LogP contribution < -0.4 is 10.5 Å². The van der Waals surface area contributed by atoms with E-state index in [9.17, 15) is 4.39 Å². The summed E-state index contributed by atoms with van der Waals surface area (Å²) in [6, 6.07) is 13.9. The van der Waals surface area contributed by atoms with Gasteiger partial charge in [0.05, 0.1) is 0 Å². The van der Waals surface area contributed by atoms with Gasteiger partial charge < -0.3 is 10.5 Å². The summed E-state index contributed by atoms with van der Waals surface area (Å²) in [4.78, 5) is 0. The maximum Gasteiger partial charge on any atom is 0.141 e. The summed E-state index contributed by atoms with van der Waals surface area (Å²) < 4.78 is 19.7. The monoisotopic (exact) mass is 259 g/mol. The van der Waals surface area contributed by atoms with E-state index in [1.54, 1.807) is 18.2 Å². The molecule has 2 nitrogen and oxygen atoms in total. The fourth-order valence-corrected chi connectivity index (χ4v) is 2.00. The smallest absolute Gasteiger partial charge is 0.141 e. The maximum absolute atomic E-state index is 13.8. The number of halogens is 1. The molecule has 0 saturated carbocycles. The second kappa shape index (κ2) is 5.85. The molecule has 19 heavy (non-hydrogen) atoms. The quantitative estimate of drug-likeness (QED) is 0.910. The molecule has 2 unspecified atom stereocenters. The number of aryl methyl sites for hydroxylation is 1. The first-order valence-corrected chi connectivity index (χ1v) is 6.31. The second-order valence-electron chi connectivity index (χ2n) is 4.74. The fourth-order valence-electron chi connectivity index (χ4n) is 2.00. The first kappa shape index (κ1) is 13.6. The van der Waals surface area contributed by atoms with Gasteiger partial charge in [-0.25, -0.2) is 4.39 Å². The SMILES string of the molecule is Cc1cccc(OC(c2ccccc2F)C(C)N)c1. The zero-order valence-electron chi connectivity index (χ0n) is 11.1. The largest absolute Gasteiger partial charge is 0.484 e. The van der Waals surface area contributed by atoms with Crippen molar-refractivity contribution < 1.29 is 9.13 Å². The van der Waals surface area contributed by atoms with Crippen LogP contribution in [0.2, 0.25) is 0 Å². The molecule has 0 fully saturated rings. The van der Waals surface area contributed by atoms with Crippen LogP contribution in [0.4, 0.5) is 4.39 Å². The number of nitrogens with two attached hydrogens (primary N) is 1. The molecule has 2 atom stereocenters. The van der Waals surface area contributed by atoms with Crippen LogP contribution in [0, 0.1) is 12.7 Å². The Hall–Kier alpha value is -1.87. The Morgan fingerprint density at radius 1 is 1.11 bits per heavy atom.